The summed E-state index contributed by atoms with van der Waals surface area (Å²) in [7, 11) is 2.29. The number of carboxylic acids is 1. The highest BCUT2D eigenvalue weighted by Crippen LogP contribution is 1.86. The largest absolute Gasteiger partial charge is 0.477 e. The summed E-state index contributed by atoms with van der Waals surface area (Å²) in [5.41, 5.74) is 0.198. The standard InChI is InChI=1S/C7H13BN2O2/c1-3-4-10-6(7(11)12)5-8-9-2/h3,5,8-10H,1,4H2,2H3,(H,11,12)/b6-5-. The summed E-state index contributed by atoms with van der Waals surface area (Å²) in [6, 6.07) is 0. The average molecular weight is 168 g/mol. The molecular formula is C7H13BN2O2. The molecule has 0 aliphatic rings. The number of carboxylic acid groups (broad SMARTS) is 1. The summed E-state index contributed by atoms with van der Waals surface area (Å²) < 4.78 is 0. The molecule has 0 aromatic heterocycles. The van der Waals surface area contributed by atoms with Crippen LogP contribution in [-0.2, 0) is 4.79 Å². The lowest BCUT2D eigenvalue weighted by molar-refractivity contribution is -0.133. The van der Waals surface area contributed by atoms with Gasteiger partial charge in [-0.3, -0.25) is 0 Å². The fourth-order valence-corrected chi connectivity index (χ4v) is 0.621. The van der Waals surface area contributed by atoms with E-state index in [4.69, 9.17) is 5.11 Å². The lowest BCUT2D eigenvalue weighted by Crippen LogP contribution is -2.23. The molecular weight excluding hydrogens is 155 g/mol. The fourth-order valence-electron chi connectivity index (χ4n) is 0.621. The summed E-state index contributed by atoms with van der Waals surface area (Å²) in [6.45, 7) is 3.93. The predicted molar refractivity (Wildman–Crippen MR) is 50.1 cm³/mol. The first kappa shape index (κ1) is 10.8. The number of nitrogens with one attached hydrogen (secondary N) is 2. The minimum Gasteiger partial charge on any atom is -0.477 e. The van der Waals surface area contributed by atoms with E-state index in [0.29, 0.717) is 14.0 Å². The zero-order valence-electron chi connectivity index (χ0n) is 7.13. The maximum absolute atomic E-state index is 10.5. The van der Waals surface area contributed by atoms with Crippen LogP contribution in [0.4, 0.5) is 0 Å². The third-order valence-corrected chi connectivity index (χ3v) is 1.18. The number of hydrogen-bond donors (Lipinski definition) is 3. The molecule has 0 spiro atoms. The second-order valence-electron chi connectivity index (χ2n) is 2.15. The molecule has 0 unspecified atom stereocenters. The summed E-state index contributed by atoms with van der Waals surface area (Å²) in [4.78, 5) is 10.5. The van der Waals surface area contributed by atoms with Crippen LogP contribution in [0.5, 0.6) is 0 Å². The lowest BCUT2D eigenvalue weighted by Gasteiger charge is -2.02. The average Bonchev–Trinajstić information content (AvgIpc) is 2.04. The van der Waals surface area contributed by atoms with Crippen LogP contribution in [-0.4, -0.2) is 32.1 Å². The molecule has 0 aromatic carbocycles. The molecule has 0 aliphatic heterocycles. The van der Waals surface area contributed by atoms with Gasteiger partial charge in [0.15, 0.2) is 0 Å². The Morgan fingerprint density at radius 1 is 1.75 bits per heavy atom. The summed E-state index contributed by atoms with van der Waals surface area (Å²) in [5.74, 6) is 0.623. The van der Waals surface area contributed by atoms with Gasteiger partial charge in [0.1, 0.15) is 5.70 Å². The monoisotopic (exact) mass is 168 g/mol. The normalized spacial score (nSPS) is 10.6. The lowest BCUT2D eigenvalue weighted by atomic mass is 9.94. The molecule has 0 aromatic rings. The van der Waals surface area contributed by atoms with E-state index >= 15 is 0 Å². The Balaban J connectivity index is 4.02. The highest BCUT2D eigenvalue weighted by atomic mass is 16.4. The summed E-state index contributed by atoms with van der Waals surface area (Å²) >= 11 is 0. The van der Waals surface area contributed by atoms with Crippen molar-refractivity contribution < 1.29 is 9.90 Å². The Bertz CT molecular complexity index is 192. The number of aliphatic carboxylic acids is 1. The van der Waals surface area contributed by atoms with Gasteiger partial charge in [-0.05, 0) is 7.05 Å². The van der Waals surface area contributed by atoms with Gasteiger partial charge >= 0.3 is 5.97 Å². The molecule has 0 aliphatic carbocycles. The first-order valence-corrected chi connectivity index (χ1v) is 3.65. The van der Waals surface area contributed by atoms with E-state index in [1.807, 2.05) is 0 Å². The van der Waals surface area contributed by atoms with Crippen molar-refractivity contribution >= 4 is 13.4 Å². The van der Waals surface area contributed by atoms with Crippen molar-refractivity contribution in [2.75, 3.05) is 13.6 Å². The Hall–Kier alpha value is -1.23. The van der Waals surface area contributed by atoms with E-state index in [1.54, 1.807) is 19.1 Å². The van der Waals surface area contributed by atoms with Crippen LogP contribution >= 0.6 is 0 Å². The Labute approximate surface area is 72.6 Å². The van der Waals surface area contributed by atoms with Crippen molar-refractivity contribution in [1.82, 2.24) is 10.5 Å². The quantitative estimate of drug-likeness (QED) is 0.277. The highest BCUT2D eigenvalue weighted by molar-refractivity contribution is 6.39. The van der Waals surface area contributed by atoms with Crippen LogP contribution < -0.4 is 10.5 Å². The van der Waals surface area contributed by atoms with Crippen LogP contribution in [0.1, 0.15) is 0 Å². The summed E-state index contributed by atoms with van der Waals surface area (Å²) in [5, 5.41) is 14.2. The van der Waals surface area contributed by atoms with Crippen LogP contribution in [0, 0.1) is 0 Å². The highest BCUT2D eigenvalue weighted by Gasteiger charge is 2.03. The molecule has 4 nitrogen and oxygen atoms in total. The number of hydrogen-bond acceptors (Lipinski definition) is 3. The first-order valence-electron chi connectivity index (χ1n) is 3.65. The van der Waals surface area contributed by atoms with Gasteiger partial charge in [0, 0.05) is 6.54 Å². The molecule has 12 heavy (non-hydrogen) atoms. The topological polar surface area (TPSA) is 61.4 Å². The molecule has 0 saturated carbocycles. The van der Waals surface area contributed by atoms with E-state index in [9.17, 15) is 4.79 Å². The molecule has 66 valence electrons. The molecule has 0 radical (unpaired) electrons. The Morgan fingerprint density at radius 3 is 2.83 bits per heavy atom. The van der Waals surface area contributed by atoms with E-state index < -0.39 is 5.97 Å². The number of carbonyl (C=O) groups is 1. The van der Waals surface area contributed by atoms with Gasteiger partial charge in [0.2, 0.25) is 7.41 Å². The fraction of sp³-hybridized carbons (Fsp3) is 0.286. The maximum atomic E-state index is 10.5. The molecule has 3 N–H and O–H groups in total. The van der Waals surface area contributed by atoms with Crippen molar-refractivity contribution in [3.8, 4) is 0 Å². The summed E-state index contributed by atoms with van der Waals surface area (Å²) in [6.07, 6.45) is 1.61. The first-order chi connectivity index (χ1) is 5.72. The van der Waals surface area contributed by atoms with Crippen LogP contribution in [0.3, 0.4) is 0 Å². The van der Waals surface area contributed by atoms with E-state index in [2.05, 4.69) is 17.1 Å². The zero-order chi connectivity index (χ0) is 9.40. The van der Waals surface area contributed by atoms with Gasteiger partial charge in [0.25, 0.3) is 0 Å². The van der Waals surface area contributed by atoms with Gasteiger partial charge in [-0.15, -0.1) is 6.58 Å². The maximum Gasteiger partial charge on any atom is 0.350 e. The molecule has 0 amide bonds. The van der Waals surface area contributed by atoms with Crippen LogP contribution in [0.25, 0.3) is 0 Å². The molecule has 0 heterocycles. The van der Waals surface area contributed by atoms with Crippen molar-refractivity contribution in [2.45, 2.75) is 0 Å². The molecule has 5 heteroatoms. The van der Waals surface area contributed by atoms with E-state index in [0.717, 1.165) is 0 Å². The van der Waals surface area contributed by atoms with Crippen molar-refractivity contribution in [3.63, 3.8) is 0 Å². The van der Waals surface area contributed by atoms with Gasteiger partial charge in [0.05, 0.1) is 0 Å². The molecule has 0 rings (SSSR count). The van der Waals surface area contributed by atoms with Crippen molar-refractivity contribution in [3.05, 3.63) is 24.3 Å². The van der Waals surface area contributed by atoms with Crippen LogP contribution in [0.15, 0.2) is 24.3 Å². The number of rotatable bonds is 6. The molecule has 0 saturated heterocycles. The van der Waals surface area contributed by atoms with Gasteiger partial charge < -0.3 is 15.7 Å². The smallest absolute Gasteiger partial charge is 0.350 e. The van der Waals surface area contributed by atoms with E-state index in [-0.39, 0.29) is 5.70 Å². The zero-order valence-corrected chi connectivity index (χ0v) is 7.13. The predicted octanol–water partition coefficient (Wildman–Crippen LogP) is -0.741. The van der Waals surface area contributed by atoms with E-state index in [1.165, 1.54) is 0 Å². The third kappa shape index (κ3) is 4.57. The van der Waals surface area contributed by atoms with Gasteiger partial charge in [-0.25, -0.2) is 4.79 Å². The van der Waals surface area contributed by atoms with Gasteiger partial charge in [-0.1, -0.05) is 12.1 Å². The van der Waals surface area contributed by atoms with Crippen LogP contribution in [0.2, 0.25) is 0 Å². The van der Waals surface area contributed by atoms with Crippen molar-refractivity contribution in [1.29, 1.82) is 0 Å². The van der Waals surface area contributed by atoms with Gasteiger partial charge in [-0.2, -0.15) is 0 Å². The van der Waals surface area contributed by atoms with Crippen molar-refractivity contribution in [2.24, 2.45) is 0 Å². The molecule has 0 atom stereocenters. The SMILES string of the molecule is C=CCN/C(=C\BNC)C(=O)O. The molecule has 0 bridgehead atoms. The minimum absolute atomic E-state index is 0.198. The second kappa shape index (κ2) is 6.48. The molecule has 0 fully saturated rings. The third-order valence-electron chi connectivity index (χ3n) is 1.18. The minimum atomic E-state index is -0.952. The second-order valence-corrected chi connectivity index (χ2v) is 2.15. The Kier molecular flexibility index (Phi) is 5.82. The Morgan fingerprint density at radius 2 is 2.42 bits per heavy atom.